The van der Waals surface area contributed by atoms with Crippen molar-refractivity contribution in [1.29, 1.82) is 0 Å². The Hall–Kier alpha value is -1.74. The standard InChI is InChI=1S/C9H14N4O4S/c1-13(2)18(16,17)6-5-10-9(15)7-3-4-8(14)12-11-7/h3-4H,5-6H2,1-2H3,(H,10,15)(H,12,14). The molecule has 100 valence electrons. The number of sulfonamides is 1. The van der Waals surface area contributed by atoms with Crippen molar-refractivity contribution in [2.24, 2.45) is 0 Å². The van der Waals surface area contributed by atoms with E-state index in [1.807, 2.05) is 0 Å². The molecule has 18 heavy (non-hydrogen) atoms. The minimum Gasteiger partial charge on any atom is -0.350 e. The predicted molar refractivity (Wildman–Crippen MR) is 64.7 cm³/mol. The summed E-state index contributed by atoms with van der Waals surface area (Å²) >= 11 is 0. The lowest BCUT2D eigenvalue weighted by Crippen LogP contribution is -2.34. The second-order valence-corrected chi connectivity index (χ2v) is 5.96. The van der Waals surface area contributed by atoms with E-state index < -0.39 is 21.5 Å². The van der Waals surface area contributed by atoms with Crippen LogP contribution in [0.3, 0.4) is 0 Å². The zero-order valence-corrected chi connectivity index (χ0v) is 10.8. The summed E-state index contributed by atoms with van der Waals surface area (Å²) < 4.78 is 23.9. The Morgan fingerprint density at radius 1 is 1.44 bits per heavy atom. The minimum absolute atomic E-state index is 0.0249. The number of carbonyl (C=O) groups is 1. The predicted octanol–water partition coefficient (Wildman–Crippen LogP) is -1.61. The number of aromatic nitrogens is 2. The van der Waals surface area contributed by atoms with Gasteiger partial charge in [-0.1, -0.05) is 0 Å². The monoisotopic (exact) mass is 274 g/mol. The highest BCUT2D eigenvalue weighted by molar-refractivity contribution is 7.89. The van der Waals surface area contributed by atoms with Crippen LogP contribution in [0, 0.1) is 0 Å². The molecule has 0 radical (unpaired) electrons. The topological polar surface area (TPSA) is 112 Å². The first-order valence-electron chi connectivity index (χ1n) is 5.07. The smallest absolute Gasteiger partial charge is 0.271 e. The first kappa shape index (κ1) is 14.3. The summed E-state index contributed by atoms with van der Waals surface area (Å²) in [4.78, 5) is 22.2. The van der Waals surface area contributed by atoms with E-state index in [0.717, 1.165) is 4.31 Å². The van der Waals surface area contributed by atoms with Gasteiger partial charge < -0.3 is 5.32 Å². The van der Waals surface area contributed by atoms with Gasteiger partial charge in [-0.3, -0.25) is 9.59 Å². The highest BCUT2D eigenvalue weighted by Gasteiger charge is 2.14. The fraction of sp³-hybridized carbons (Fsp3) is 0.444. The van der Waals surface area contributed by atoms with Gasteiger partial charge in [-0.15, -0.1) is 0 Å². The van der Waals surface area contributed by atoms with Gasteiger partial charge in [0.25, 0.3) is 11.5 Å². The van der Waals surface area contributed by atoms with Crippen LogP contribution in [0.1, 0.15) is 10.5 Å². The molecule has 9 heteroatoms. The Morgan fingerprint density at radius 2 is 2.11 bits per heavy atom. The molecule has 1 rings (SSSR count). The second-order valence-electron chi connectivity index (χ2n) is 3.66. The van der Waals surface area contributed by atoms with E-state index in [1.54, 1.807) is 0 Å². The van der Waals surface area contributed by atoms with Crippen molar-refractivity contribution in [2.45, 2.75) is 0 Å². The van der Waals surface area contributed by atoms with Crippen molar-refractivity contribution in [2.75, 3.05) is 26.4 Å². The molecule has 1 amide bonds. The number of nitrogens with zero attached hydrogens (tertiary/aromatic N) is 2. The molecular weight excluding hydrogens is 260 g/mol. The average Bonchev–Trinajstić information content (AvgIpc) is 2.29. The number of H-pyrrole nitrogens is 1. The molecule has 0 atom stereocenters. The Kier molecular flexibility index (Phi) is 4.56. The Morgan fingerprint density at radius 3 is 2.61 bits per heavy atom. The molecule has 0 fully saturated rings. The molecule has 2 N–H and O–H groups in total. The maximum atomic E-state index is 11.5. The molecule has 0 spiro atoms. The van der Waals surface area contributed by atoms with Crippen molar-refractivity contribution in [1.82, 2.24) is 19.8 Å². The summed E-state index contributed by atoms with van der Waals surface area (Å²) in [5, 5.41) is 8.03. The lowest BCUT2D eigenvalue weighted by Gasteiger charge is -2.11. The molecule has 0 aliphatic carbocycles. The van der Waals surface area contributed by atoms with Crippen LogP contribution in [-0.4, -0.2) is 55.2 Å². The van der Waals surface area contributed by atoms with Gasteiger partial charge in [-0.2, -0.15) is 5.10 Å². The lowest BCUT2D eigenvalue weighted by molar-refractivity contribution is 0.0950. The Labute approximate surface area is 104 Å². The van der Waals surface area contributed by atoms with Crippen molar-refractivity contribution in [3.8, 4) is 0 Å². The molecule has 0 saturated carbocycles. The van der Waals surface area contributed by atoms with Crippen LogP contribution < -0.4 is 10.9 Å². The van der Waals surface area contributed by atoms with Crippen LogP contribution in [0.5, 0.6) is 0 Å². The van der Waals surface area contributed by atoms with Crippen molar-refractivity contribution in [3.63, 3.8) is 0 Å². The van der Waals surface area contributed by atoms with Crippen molar-refractivity contribution in [3.05, 3.63) is 28.2 Å². The summed E-state index contributed by atoms with van der Waals surface area (Å²) in [7, 11) is -0.508. The van der Waals surface area contributed by atoms with Gasteiger partial charge in [0.1, 0.15) is 5.69 Å². The summed E-state index contributed by atoms with van der Waals surface area (Å²) in [5.41, 5.74) is -0.390. The zero-order valence-electron chi connectivity index (χ0n) is 10.0. The SMILES string of the molecule is CN(C)S(=O)(=O)CCNC(=O)c1ccc(=O)[nH]n1. The lowest BCUT2D eigenvalue weighted by atomic mass is 10.4. The third-order valence-corrected chi connectivity index (χ3v) is 3.95. The number of aromatic amines is 1. The molecule has 1 aromatic heterocycles. The fourth-order valence-corrected chi connectivity index (χ4v) is 1.76. The average molecular weight is 274 g/mol. The number of amides is 1. The van der Waals surface area contributed by atoms with E-state index in [-0.39, 0.29) is 18.0 Å². The van der Waals surface area contributed by atoms with Gasteiger partial charge in [0, 0.05) is 26.7 Å². The number of nitrogens with one attached hydrogen (secondary N) is 2. The number of hydrogen-bond donors (Lipinski definition) is 2. The fourth-order valence-electron chi connectivity index (χ4n) is 1.04. The highest BCUT2D eigenvalue weighted by Crippen LogP contribution is 1.93. The van der Waals surface area contributed by atoms with Gasteiger partial charge in [-0.25, -0.2) is 17.8 Å². The number of rotatable bonds is 5. The normalized spacial score (nSPS) is 11.5. The maximum absolute atomic E-state index is 11.5. The first-order valence-corrected chi connectivity index (χ1v) is 6.68. The number of hydrogen-bond acceptors (Lipinski definition) is 5. The van der Waals surface area contributed by atoms with Crippen LogP contribution in [0.25, 0.3) is 0 Å². The van der Waals surface area contributed by atoms with Gasteiger partial charge in [0.2, 0.25) is 10.0 Å². The molecule has 0 bridgehead atoms. The third-order valence-electron chi connectivity index (χ3n) is 2.11. The maximum Gasteiger partial charge on any atom is 0.271 e. The molecule has 0 aromatic carbocycles. The van der Waals surface area contributed by atoms with Crippen LogP contribution in [0.4, 0.5) is 0 Å². The van der Waals surface area contributed by atoms with Gasteiger partial charge in [-0.05, 0) is 6.07 Å². The molecular formula is C9H14N4O4S. The van der Waals surface area contributed by atoms with Gasteiger partial charge in [0.15, 0.2) is 0 Å². The first-order chi connectivity index (χ1) is 8.33. The second kappa shape index (κ2) is 5.74. The highest BCUT2D eigenvalue weighted by atomic mass is 32.2. The third kappa shape index (κ3) is 3.93. The molecule has 1 heterocycles. The van der Waals surface area contributed by atoms with Crippen molar-refractivity contribution >= 4 is 15.9 Å². The molecule has 0 aliphatic heterocycles. The molecule has 1 aromatic rings. The van der Waals surface area contributed by atoms with Crippen LogP contribution >= 0.6 is 0 Å². The minimum atomic E-state index is -3.34. The van der Waals surface area contributed by atoms with E-state index in [4.69, 9.17) is 0 Å². The summed E-state index contributed by atoms with van der Waals surface area (Å²) in [6.45, 7) is -0.0276. The summed E-state index contributed by atoms with van der Waals surface area (Å²) in [5.74, 6) is -0.741. The Bertz CT molecular complexity index is 558. The molecule has 0 aliphatic rings. The largest absolute Gasteiger partial charge is 0.350 e. The Balaban J connectivity index is 2.53. The van der Waals surface area contributed by atoms with E-state index in [2.05, 4.69) is 15.5 Å². The van der Waals surface area contributed by atoms with E-state index in [1.165, 1.54) is 26.2 Å². The van der Waals surface area contributed by atoms with E-state index >= 15 is 0 Å². The zero-order chi connectivity index (χ0) is 13.8. The van der Waals surface area contributed by atoms with Gasteiger partial charge >= 0.3 is 0 Å². The summed E-state index contributed by atoms with van der Waals surface area (Å²) in [6, 6.07) is 2.42. The molecule has 8 nitrogen and oxygen atoms in total. The van der Waals surface area contributed by atoms with Crippen LogP contribution in [0.15, 0.2) is 16.9 Å². The summed E-state index contributed by atoms with van der Waals surface area (Å²) in [6.07, 6.45) is 0. The van der Waals surface area contributed by atoms with E-state index in [0.29, 0.717) is 0 Å². The van der Waals surface area contributed by atoms with E-state index in [9.17, 15) is 18.0 Å². The molecule has 0 unspecified atom stereocenters. The molecule has 0 saturated heterocycles. The van der Waals surface area contributed by atoms with Crippen LogP contribution in [-0.2, 0) is 10.0 Å². The van der Waals surface area contributed by atoms with Crippen molar-refractivity contribution < 1.29 is 13.2 Å². The van der Waals surface area contributed by atoms with Gasteiger partial charge in [0.05, 0.1) is 5.75 Å². The number of carbonyl (C=O) groups excluding carboxylic acids is 1. The quantitative estimate of drug-likeness (QED) is 0.671. The van der Waals surface area contributed by atoms with Crippen LogP contribution in [0.2, 0.25) is 0 Å².